The van der Waals surface area contributed by atoms with Crippen LogP contribution in [0.25, 0.3) is 0 Å². The highest BCUT2D eigenvalue weighted by atomic mass is 32.1. The molecule has 1 spiro atoms. The van der Waals surface area contributed by atoms with Crippen LogP contribution >= 0.6 is 11.3 Å². The Bertz CT molecular complexity index is 905. The number of nitrogens with zero attached hydrogens (tertiary/aromatic N) is 2. The zero-order valence-electron chi connectivity index (χ0n) is 19.5. The number of anilines is 1. The molecule has 0 aromatic carbocycles. The fraction of sp³-hybridized carbons (Fsp3) is 0.654. The molecule has 5 nitrogen and oxygen atoms in total. The second kappa shape index (κ2) is 8.71. The number of pyridine rings is 1. The van der Waals surface area contributed by atoms with Crippen molar-refractivity contribution in [3.05, 3.63) is 46.4 Å². The van der Waals surface area contributed by atoms with Gasteiger partial charge < -0.3 is 20.1 Å². The molecular weight excluding hydrogens is 418 g/mol. The summed E-state index contributed by atoms with van der Waals surface area (Å²) in [4.78, 5) is 8.67. The van der Waals surface area contributed by atoms with Gasteiger partial charge in [0.25, 0.3) is 0 Å². The number of hydrogen-bond donors (Lipinski definition) is 1. The molecule has 32 heavy (non-hydrogen) atoms. The Morgan fingerprint density at radius 2 is 2.03 bits per heavy atom. The number of rotatable bonds is 7. The van der Waals surface area contributed by atoms with Crippen LogP contribution in [0.4, 0.5) is 5.69 Å². The van der Waals surface area contributed by atoms with Crippen molar-refractivity contribution in [1.29, 1.82) is 0 Å². The molecule has 3 aliphatic rings. The van der Waals surface area contributed by atoms with Gasteiger partial charge >= 0.3 is 0 Å². The van der Waals surface area contributed by atoms with Gasteiger partial charge in [-0.05, 0) is 69.0 Å². The third kappa shape index (κ3) is 4.23. The first-order valence-corrected chi connectivity index (χ1v) is 13.0. The van der Waals surface area contributed by atoms with Crippen LogP contribution in [0.3, 0.4) is 0 Å². The molecule has 2 saturated heterocycles. The van der Waals surface area contributed by atoms with E-state index < -0.39 is 0 Å². The van der Waals surface area contributed by atoms with Gasteiger partial charge in [0, 0.05) is 55.0 Å². The molecule has 0 radical (unpaired) electrons. The van der Waals surface area contributed by atoms with Crippen molar-refractivity contribution in [2.24, 2.45) is 5.73 Å². The third-order valence-corrected chi connectivity index (χ3v) is 9.01. The van der Waals surface area contributed by atoms with Gasteiger partial charge in [0.15, 0.2) is 0 Å². The second-order valence-electron chi connectivity index (χ2n) is 10.6. The highest BCUT2D eigenvalue weighted by Crippen LogP contribution is 2.50. The molecule has 5 rings (SSSR count). The number of hydrogen-bond acceptors (Lipinski definition) is 6. The second-order valence-corrected chi connectivity index (χ2v) is 11.6. The summed E-state index contributed by atoms with van der Waals surface area (Å²) in [5.41, 5.74) is 9.46. The summed E-state index contributed by atoms with van der Waals surface area (Å²) in [5, 5.41) is 2.20. The summed E-state index contributed by atoms with van der Waals surface area (Å²) in [6, 6.07) is 8.70. The Kier molecular flexibility index (Phi) is 6.08. The van der Waals surface area contributed by atoms with Crippen molar-refractivity contribution in [3.63, 3.8) is 0 Å². The number of aromatic nitrogens is 1. The Morgan fingerprint density at radius 3 is 2.75 bits per heavy atom. The average molecular weight is 456 g/mol. The van der Waals surface area contributed by atoms with E-state index in [4.69, 9.17) is 20.2 Å². The lowest BCUT2D eigenvalue weighted by Gasteiger charge is -2.48. The van der Waals surface area contributed by atoms with Crippen molar-refractivity contribution in [1.82, 2.24) is 4.98 Å². The van der Waals surface area contributed by atoms with Crippen molar-refractivity contribution in [2.45, 2.75) is 80.9 Å². The highest BCUT2D eigenvalue weighted by Gasteiger charge is 2.49. The molecule has 2 atom stereocenters. The Balaban J connectivity index is 1.34. The maximum absolute atomic E-state index is 6.91. The van der Waals surface area contributed by atoms with E-state index in [2.05, 4.69) is 35.4 Å². The predicted octanol–water partition coefficient (Wildman–Crippen LogP) is 4.69. The highest BCUT2D eigenvalue weighted by molar-refractivity contribution is 7.10. The van der Waals surface area contributed by atoms with E-state index in [0.717, 1.165) is 45.4 Å². The van der Waals surface area contributed by atoms with Crippen molar-refractivity contribution >= 4 is 17.0 Å². The van der Waals surface area contributed by atoms with Crippen LogP contribution in [-0.4, -0.2) is 49.0 Å². The molecular formula is C26H37N3O2S. The standard InChI is InChI=1S/C26H37N3O2S/c1-24(30-2)18-29(19-24)21-8-14-32-22(21)15-20(27)16-25(23-7-3-6-12-28-23)11-13-31-26(17-25)9-4-5-10-26/h3,6-8,12,14,20H,4-5,9-11,13,15-19,27H2,1-2H3. The molecule has 2 unspecified atom stereocenters. The first kappa shape index (κ1) is 22.3. The lowest BCUT2D eigenvalue weighted by molar-refractivity contribution is -0.105. The minimum atomic E-state index is -0.0257. The zero-order valence-corrected chi connectivity index (χ0v) is 20.3. The zero-order chi connectivity index (χ0) is 22.2. The lowest BCUT2D eigenvalue weighted by Crippen LogP contribution is -2.61. The molecule has 3 fully saturated rings. The quantitative estimate of drug-likeness (QED) is 0.656. The summed E-state index contributed by atoms with van der Waals surface area (Å²) >= 11 is 1.84. The van der Waals surface area contributed by atoms with Crippen LogP contribution in [0.1, 0.15) is 62.4 Å². The Hall–Kier alpha value is -1.47. The molecule has 1 aliphatic carbocycles. The van der Waals surface area contributed by atoms with Gasteiger partial charge in [-0.3, -0.25) is 4.98 Å². The van der Waals surface area contributed by atoms with Gasteiger partial charge in [0.1, 0.15) is 0 Å². The maximum Gasteiger partial charge on any atom is 0.0998 e. The molecule has 2 N–H and O–H groups in total. The van der Waals surface area contributed by atoms with E-state index in [1.165, 1.54) is 41.9 Å². The first-order valence-electron chi connectivity index (χ1n) is 12.1. The van der Waals surface area contributed by atoms with Crippen LogP contribution in [0.2, 0.25) is 0 Å². The maximum atomic E-state index is 6.91. The molecule has 4 heterocycles. The van der Waals surface area contributed by atoms with Gasteiger partial charge in [-0.25, -0.2) is 0 Å². The molecule has 174 valence electrons. The summed E-state index contributed by atoms with van der Waals surface area (Å²) in [6.07, 6.45) is 10.8. The monoisotopic (exact) mass is 455 g/mol. The summed E-state index contributed by atoms with van der Waals surface area (Å²) in [5.74, 6) is 0. The van der Waals surface area contributed by atoms with E-state index in [0.29, 0.717) is 0 Å². The summed E-state index contributed by atoms with van der Waals surface area (Å²) < 4.78 is 12.1. The van der Waals surface area contributed by atoms with E-state index >= 15 is 0 Å². The Morgan fingerprint density at radius 1 is 1.22 bits per heavy atom. The first-order chi connectivity index (χ1) is 15.4. The number of nitrogens with two attached hydrogens (primary N) is 1. The summed E-state index contributed by atoms with van der Waals surface area (Å²) in [6.45, 7) is 4.89. The minimum absolute atomic E-state index is 0.00602. The van der Waals surface area contributed by atoms with E-state index in [1.54, 1.807) is 0 Å². The van der Waals surface area contributed by atoms with Gasteiger partial charge in [-0.1, -0.05) is 18.9 Å². The van der Waals surface area contributed by atoms with Crippen LogP contribution in [0.15, 0.2) is 35.8 Å². The normalized spacial score (nSPS) is 27.4. The minimum Gasteiger partial charge on any atom is -0.375 e. The van der Waals surface area contributed by atoms with Gasteiger partial charge in [0.05, 0.1) is 16.9 Å². The fourth-order valence-corrected chi connectivity index (χ4v) is 7.36. The van der Waals surface area contributed by atoms with Crippen LogP contribution in [0, 0.1) is 0 Å². The number of ether oxygens (including phenoxy) is 2. The van der Waals surface area contributed by atoms with Gasteiger partial charge in [-0.15, -0.1) is 11.3 Å². The SMILES string of the molecule is COC1(C)CN(c2ccsc2CC(N)CC2(c3ccccn3)CCOC3(CCCC3)C2)C1. The Labute approximate surface area is 196 Å². The summed E-state index contributed by atoms with van der Waals surface area (Å²) in [7, 11) is 1.81. The van der Waals surface area contributed by atoms with E-state index in [-0.39, 0.29) is 22.7 Å². The average Bonchev–Trinajstić information content (AvgIpc) is 3.41. The van der Waals surface area contributed by atoms with Gasteiger partial charge in [0.2, 0.25) is 0 Å². The van der Waals surface area contributed by atoms with Crippen molar-refractivity contribution in [2.75, 3.05) is 31.7 Å². The largest absolute Gasteiger partial charge is 0.375 e. The fourth-order valence-electron chi connectivity index (χ4n) is 6.37. The number of methoxy groups -OCH3 is 1. The van der Waals surface area contributed by atoms with E-state index in [1.807, 2.05) is 30.7 Å². The van der Waals surface area contributed by atoms with Gasteiger partial charge in [-0.2, -0.15) is 0 Å². The molecule has 2 aromatic heterocycles. The van der Waals surface area contributed by atoms with Crippen molar-refractivity contribution in [3.8, 4) is 0 Å². The molecule has 1 saturated carbocycles. The van der Waals surface area contributed by atoms with Crippen LogP contribution in [-0.2, 0) is 21.3 Å². The predicted molar refractivity (Wildman–Crippen MR) is 131 cm³/mol. The van der Waals surface area contributed by atoms with Crippen LogP contribution < -0.4 is 10.6 Å². The molecule has 6 heteroatoms. The molecule has 0 bridgehead atoms. The number of thiophene rings is 1. The van der Waals surface area contributed by atoms with Crippen LogP contribution in [0.5, 0.6) is 0 Å². The van der Waals surface area contributed by atoms with Crippen molar-refractivity contribution < 1.29 is 9.47 Å². The van der Waals surface area contributed by atoms with E-state index in [9.17, 15) is 0 Å². The molecule has 2 aromatic rings. The molecule has 2 aliphatic heterocycles. The lowest BCUT2D eigenvalue weighted by atomic mass is 9.66. The smallest absolute Gasteiger partial charge is 0.0998 e. The topological polar surface area (TPSA) is 60.6 Å². The third-order valence-electron chi connectivity index (χ3n) is 8.08. The molecule has 0 amide bonds.